The molecule has 2 N–H and O–H groups in total. The number of fused-ring (bicyclic) bond motifs is 2. The molecule has 3 heterocycles. The van der Waals surface area contributed by atoms with Gasteiger partial charge in [-0.3, -0.25) is 9.69 Å². The molecule has 0 spiro atoms. The van der Waals surface area contributed by atoms with Crippen LogP contribution in [0.3, 0.4) is 0 Å². The summed E-state index contributed by atoms with van der Waals surface area (Å²) in [5.41, 5.74) is 1.26. The molecule has 0 bridgehead atoms. The highest BCUT2D eigenvalue weighted by atomic mass is 16.5. The number of benzene rings is 2. The van der Waals surface area contributed by atoms with Crippen LogP contribution in [-0.2, 0) is 6.54 Å². The molecule has 9 nitrogen and oxygen atoms in total. The summed E-state index contributed by atoms with van der Waals surface area (Å²) in [6.07, 6.45) is 0. The van der Waals surface area contributed by atoms with Crippen molar-refractivity contribution in [2.75, 3.05) is 32.8 Å². The molecule has 4 aromatic rings. The Bertz CT molecular complexity index is 1400. The molecule has 9 heteroatoms. The lowest BCUT2D eigenvalue weighted by atomic mass is 10.2. The molecule has 2 amide bonds. The maximum Gasteiger partial charge on any atom is 0.318 e. The Labute approximate surface area is 202 Å². The highest BCUT2D eigenvalue weighted by Gasteiger charge is 2.24. The number of hydrogen-bond donors (Lipinski definition) is 2. The first kappa shape index (κ1) is 22.9. The number of aromatic amines is 1. The topological polar surface area (TPSA) is 104 Å². The van der Waals surface area contributed by atoms with E-state index in [1.54, 1.807) is 11.0 Å². The smallest absolute Gasteiger partial charge is 0.318 e. The predicted octanol–water partition coefficient (Wildman–Crippen LogP) is 3.66. The molecular formula is C26H29N5O4. The summed E-state index contributed by atoms with van der Waals surface area (Å²) in [5, 5.41) is 4.58. The Morgan fingerprint density at radius 3 is 2.77 bits per heavy atom. The Hall–Kier alpha value is -3.85. The molecule has 0 aliphatic carbocycles. The second-order valence-corrected chi connectivity index (χ2v) is 8.72. The molecule has 0 radical (unpaired) electrons. The van der Waals surface area contributed by atoms with Crippen LogP contribution in [0.4, 0.5) is 4.79 Å². The van der Waals surface area contributed by atoms with Crippen molar-refractivity contribution in [3.8, 4) is 5.75 Å². The summed E-state index contributed by atoms with van der Waals surface area (Å²) in [6.45, 7) is 7.50. The monoisotopic (exact) mass is 475 g/mol. The van der Waals surface area contributed by atoms with Crippen LogP contribution in [0.5, 0.6) is 5.75 Å². The van der Waals surface area contributed by atoms with Crippen molar-refractivity contribution >= 4 is 27.9 Å². The van der Waals surface area contributed by atoms with Gasteiger partial charge in [-0.05, 0) is 38.1 Å². The van der Waals surface area contributed by atoms with E-state index in [9.17, 15) is 9.59 Å². The van der Waals surface area contributed by atoms with Gasteiger partial charge in [0.25, 0.3) is 5.56 Å². The van der Waals surface area contributed by atoms with Gasteiger partial charge in [0.05, 0.1) is 30.1 Å². The molecule has 1 aliphatic rings. The van der Waals surface area contributed by atoms with E-state index in [2.05, 4.69) is 20.2 Å². The van der Waals surface area contributed by atoms with Crippen LogP contribution in [0.2, 0.25) is 0 Å². The minimum atomic E-state index is -0.283. The van der Waals surface area contributed by atoms with E-state index in [0.29, 0.717) is 73.2 Å². The summed E-state index contributed by atoms with van der Waals surface area (Å²) < 4.78 is 11.7. The van der Waals surface area contributed by atoms with Crippen LogP contribution in [-0.4, -0.2) is 58.6 Å². The van der Waals surface area contributed by atoms with Gasteiger partial charge in [-0.25, -0.2) is 9.78 Å². The van der Waals surface area contributed by atoms with E-state index in [-0.39, 0.29) is 17.6 Å². The number of nitrogens with zero attached hydrogens (tertiary/aromatic N) is 3. The summed E-state index contributed by atoms with van der Waals surface area (Å²) in [6, 6.07) is 14.6. The van der Waals surface area contributed by atoms with Gasteiger partial charge in [-0.2, -0.15) is 0 Å². The summed E-state index contributed by atoms with van der Waals surface area (Å²) in [5.74, 6) is 2.02. The van der Waals surface area contributed by atoms with E-state index in [0.717, 1.165) is 5.39 Å². The average Bonchev–Trinajstić information content (AvgIpc) is 3.30. The molecule has 182 valence electrons. The Morgan fingerprint density at radius 2 is 1.97 bits per heavy atom. The molecule has 2 aromatic carbocycles. The van der Waals surface area contributed by atoms with Crippen molar-refractivity contribution in [3.63, 3.8) is 0 Å². The third-order valence-corrected chi connectivity index (χ3v) is 6.29. The van der Waals surface area contributed by atoms with Gasteiger partial charge in [0, 0.05) is 31.6 Å². The first-order chi connectivity index (χ1) is 17.0. The number of piperazine rings is 1. The highest BCUT2D eigenvalue weighted by Crippen LogP contribution is 2.31. The van der Waals surface area contributed by atoms with Crippen molar-refractivity contribution < 1.29 is 13.9 Å². The average molecular weight is 476 g/mol. The number of carbonyl (C=O) groups is 1. The molecule has 5 rings (SSSR count). The first-order valence-corrected chi connectivity index (χ1v) is 11.9. The minimum absolute atomic E-state index is 0.125. The van der Waals surface area contributed by atoms with Crippen LogP contribution >= 0.6 is 0 Å². The van der Waals surface area contributed by atoms with Crippen LogP contribution in [0.1, 0.15) is 31.5 Å². The lowest BCUT2D eigenvalue weighted by molar-refractivity contribution is 0.131. The summed E-state index contributed by atoms with van der Waals surface area (Å²) >= 11 is 0. The second-order valence-electron chi connectivity index (χ2n) is 8.72. The van der Waals surface area contributed by atoms with E-state index < -0.39 is 0 Å². The zero-order valence-corrected chi connectivity index (χ0v) is 19.9. The molecule has 2 aromatic heterocycles. The van der Waals surface area contributed by atoms with Gasteiger partial charge >= 0.3 is 6.03 Å². The molecule has 1 saturated heterocycles. The first-order valence-electron chi connectivity index (χ1n) is 11.9. The van der Waals surface area contributed by atoms with E-state index in [4.69, 9.17) is 9.15 Å². The van der Waals surface area contributed by atoms with E-state index >= 15 is 0 Å². The largest absolute Gasteiger partial charge is 0.490 e. The molecule has 0 saturated carbocycles. The number of hydrogen-bond acceptors (Lipinski definition) is 6. The fourth-order valence-corrected chi connectivity index (χ4v) is 4.42. The van der Waals surface area contributed by atoms with Gasteiger partial charge in [0.2, 0.25) is 0 Å². The number of amides is 2. The van der Waals surface area contributed by atoms with Crippen LogP contribution in [0, 0.1) is 0 Å². The number of ether oxygens (including phenoxy) is 1. The maximum absolute atomic E-state index is 12.9. The van der Waals surface area contributed by atoms with Crippen molar-refractivity contribution in [1.29, 1.82) is 0 Å². The standard InChI is InChI=1S/C26H29N5O4/c1-3-34-21-10-6-7-18-15-22(35-24(18)21)17(2)27-26(33)31-13-11-30(12-14-31)16-23-28-20-9-5-4-8-19(20)25(32)29-23/h4-10,15,17H,3,11-14,16H2,1-2H3,(H,27,33)(H,28,29,32). The second kappa shape index (κ2) is 9.79. The third kappa shape index (κ3) is 4.85. The highest BCUT2D eigenvalue weighted by molar-refractivity contribution is 5.84. The number of para-hydroxylation sites is 2. The normalized spacial score (nSPS) is 15.4. The summed E-state index contributed by atoms with van der Waals surface area (Å²) in [4.78, 5) is 36.7. The zero-order chi connectivity index (χ0) is 24.4. The van der Waals surface area contributed by atoms with Crippen molar-refractivity contribution in [2.24, 2.45) is 0 Å². The lowest BCUT2D eigenvalue weighted by Crippen LogP contribution is -2.51. The van der Waals surface area contributed by atoms with Crippen LogP contribution in [0.15, 0.2) is 57.7 Å². The third-order valence-electron chi connectivity index (χ3n) is 6.29. The number of H-pyrrole nitrogens is 1. The zero-order valence-electron chi connectivity index (χ0n) is 19.9. The number of furan rings is 1. The van der Waals surface area contributed by atoms with Gasteiger partial charge in [-0.15, -0.1) is 0 Å². The predicted molar refractivity (Wildman–Crippen MR) is 134 cm³/mol. The molecule has 1 fully saturated rings. The number of aromatic nitrogens is 2. The Balaban J connectivity index is 1.18. The molecule has 1 unspecified atom stereocenters. The fourth-order valence-electron chi connectivity index (χ4n) is 4.42. The Kier molecular flexibility index (Phi) is 6.41. The van der Waals surface area contributed by atoms with Crippen molar-refractivity contribution in [1.82, 2.24) is 25.1 Å². The van der Waals surface area contributed by atoms with Gasteiger partial charge in [0.1, 0.15) is 11.6 Å². The molecule has 1 aliphatic heterocycles. The minimum Gasteiger partial charge on any atom is -0.490 e. The summed E-state index contributed by atoms with van der Waals surface area (Å²) in [7, 11) is 0. The molecule has 35 heavy (non-hydrogen) atoms. The molecule has 1 atom stereocenters. The van der Waals surface area contributed by atoms with Gasteiger partial charge in [0.15, 0.2) is 11.3 Å². The van der Waals surface area contributed by atoms with Crippen molar-refractivity contribution in [2.45, 2.75) is 26.4 Å². The number of carbonyl (C=O) groups excluding carboxylic acids is 1. The Morgan fingerprint density at radius 1 is 1.17 bits per heavy atom. The fraction of sp³-hybridized carbons (Fsp3) is 0.346. The molecular weight excluding hydrogens is 446 g/mol. The van der Waals surface area contributed by atoms with Crippen LogP contribution in [0.25, 0.3) is 21.9 Å². The van der Waals surface area contributed by atoms with Gasteiger partial charge < -0.3 is 24.4 Å². The van der Waals surface area contributed by atoms with Gasteiger partial charge in [-0.1, -0.05) is 24.3 Å². The number of nitrogens with one attached hydrogen (secondary N) is 2. The lowest BCUT2D eigenvalue weighted by Gasteiger charge is -2.34. The quantitative estimate of drug-likeness (QED) is 0.441. The van der Waals surface area contributed by atoms with Crippen molar-refractivity contribution in [3.05, 3.63) is 70.5 Å². The SMILES string of the molecule is CCOc1cccc2cc(C(C)NC(=O)N3CCN(Cc4nc5ccccc5c(=O)[nH]4)CC3)oc12. The number of rotatable bonds is 6. The van der Waals surface area contributed by atoms with Crippen LogP contribution < -0.4 is 15.6 Å². The number of urea groups is 1. The maximum atomic E-state index is 12.9. The van der Waals surface area contributed by atoms with E-state index in [1.807, 2.05) is 56.3 Å². The van der Waals surface area contributed by atoms with E-state index in [1.165, 1.54) is 0 Å².